The number of rotatable bonds is 9. The topological polar surface area (TPSA) is 79.3 Å². The summed E-state index contributed by atoms with van der Waals surface area (Å²) in [4.78, 5) is 8.74. The van der Waals surface area contributed by atoms with Gasteiger partial charge in [0.25, 0.3) is 0 Å². The quantitative estimate of drug-likeness (QED) is 0.649. The van der Waals surface area contributed by atoms with Crippen LogP contribution < -0.4 is 10.6 Å². The van der Waals surface area contributed by atoms with Crippen molar-refractivity contribution in [3.8, 4) is 0 Å². The molecule has 1 aromatic rings. The van der Waals surface area contributed by atoms with Gasteiger partial charge in [-0.25, -0.2) is 9.97 Å². The molecule has 1 unspecified atom stereocenters. The summed E-state index contributed by atoms with van der Waals surface area (Å²) in [5.41, 5.74) is -0.765. The van der Waals surface area contributed by atoms with Crippen LogP contribution in [0.25, 0.3) is 0 Å². The Morgan fingerprint density at radius 2 is 2.00 bits per heavy atom. The van der Waals surface area contributed by atoms with Crippen LogP contribution >= 0.6 is 0 Å². The minimum atomic E-state index is -0.765. The molecule has 0 amide bonds. The van der Waals surface area contributed by atoms with Crippen LogP contribution in [0.2, 0.25) is 0 Å². The summed E-state index contributed by atoms with van der Waals surface area (Å²) >= 11 is 0. The zero-order chi connectivity index (χ0) is 15.9. The van der Waals surface area contributed by atoms with Crippen molar-refractivity contribution in [1.82, 2.24) is 9.97 Å². The second kappa shape index (κ2) is 8.14. The third-order valence-corrected chi connectivity index (χ3v) is 2.96. The highest BCUT2D eigenvalue weighted by atomic mass is 16.5. The van der Waals surface area contributed by atoms with Gasteiger partial charge in [-0.3, -0.25) is 0 Å². The zero-order valence-electron chi connectivity index (χ0n) is 13.7. The molecule has 0 aliphatic heterocycles. The van der Waals surface area contributed by atoms with E-state index in [-0.39, 0.29) is 0 Å². The average molecular weight is 296 g/mol. The molecule has 0 aromatic carbocycles. The van der Waals surface area contributed by atoms with Crippen molar-refractivity contribution >= 4 is 11.6 Å². The molecular formula is C15H28N4O2. The highest BCUT2D eigenvalue weighted by Crippen LogP contribution is 2.18. The van der Waals surface area contributed by atoms with Crippen LogP contribution in [0.4, 0.5) is 11.6 Å². The van der Waals surface area contributed by atoms with Crippen molar-refractivity contribution in [2.24, 2.45) is 5.92 Å². The highest BCUT2D eigenvalue weighted by molar-refractivity contribution is 5.47. The van der Waals surface area contributed by atoms with E-state index < -0.39 is 5.60 Å². The Hall–Kier alpha value is -1.40. The molecule has 0 aliphatic rings. The van der Waals surface area contributed by atoms with Gasteiger partial charge in [0.15, 0.2) is 5.82 Å². The van der Waals surface area contributed by atoms with Gasteiger partial charge in [0.1, 0.15) is 18.2 Å². The predicted octanol–water partition coefficient (Wildman–Crippen LogP) is 2.26. The van der Waals surface area contributed by atoms with Crippen LogP contribution in [0.3, 0.4) is 0 Å². The van der Waals surface area contributed by atoms with E-state index in [0.717, 1.165) is 12.2 Å². The van der Waals surface area contributed by atoms with E-state index in [4.69, 9.17) is 4.74 Å². The number of ether oxygens (including phenoxy) is 1. The molecule has 0 aliphatic carbocycles. The summed E-state index contributed by atoms with van der Waals surface area (Å²) in [7, 11) is 1.81. The van der Waals surface area contributed by atoms with Crippen LogP contribution in [0.15, 0.2) is 6.07 Å². The molecule has 21 heavy (non-hydrogen) atoms. The maximum absolute atomic E-state index is 10.3. The fourth-order valence-electron chi connectivity index (χ4n) is 2.21. The van der Waals surface area contributed by atoms with E-state index in [9.17, 15) is 5.11 Å². The summed E-state index contributed by atoms with van der Waals surface area (Å²) < 4.78 is 5.34. The molecule has 6 heteroatoms. The van der Waals surface area contributed by atoms with Crippen molar-refractivity contribution < 1.29 is 9.84 Å². The minimum absolute atomic E-state index is 0.378. The lowest BCUT2D eigenvalue weighted by atomic mass is 9.94. The molecule has 120 valence electrons. The Bertz CT molecular complexity index is 436. The molecule has 0 saturated carbocycles. The molecule has 1 rings (SSSR count). The first kappa shape index (κ1) is 17.7. The van der Waals surface area contributed by atoms with Gasteiger partial charge < -0.3 is 20.5 Å². The van der Waals surface area contributed by atoms with Gasteiger partial charge in [-0.05, 0) is 26.2 Å². The molecule has 0 spiro atoms. The fourth-order valence-corrected chi connectivity index (χ4v) is 2.21. The largest absolute Gasteiger partial charge is 0.388 e. The summed E-state index contributed by atoms with van der Waals surface area (Å²) in [5, 5.41) is 16.5. The van der Waals surface area contributed by atoms with Crippen molar-refractivity contribution in [3.63, 3.8) is 0 Å². The second-order valence-electron chi connectivity index (χ2n) is 5.89. The number of nitrogens with one attached hydrogen (secondary N) is 2. The molecular weight excluding hydrogens is 268 g/mol. The molecule has 3 N–H and O–H groups in total. The van der Waals surface area contributed by atoms with E-state index in [1.807, 2.05) is 27.0 Å². The van der Waals surface area contributed by atoms with Crippen LogP contribution in [0.5, 0.6) is 0 Å². The normalized spacial score (nSPS) is 14.0. The first-order chi connectivity index (χ1) is 9.86. The Kier molecular flexibility index (Phi) is 6.84. The fraction of sp³-hybridized carbons (Fsp3) is 0.733. The summed E-state index contributed by atoms with van der Waals surface area (Å²) in [6.07, 6.45) is 0.732. The van der Waals surface area contributed by atoms with Gasteiger partial charge in [-0.15, -0.1) is 0 Å². The predicted molar refractivity (Wildman–Crippen MR) is 85.5 cm³/mol. The van der Waals surface area contributed by atoms with Crippen LogP contribution in [0, 0.1) is 5.92 Å². The number of hydrogen-bond acceptors (Lipinski definition) is 6. The zero-order valence-corrected chi connectivity index (χ0v) is 13.7. The molecule has 1 atom stereocenters. The Morgan fingerprint density at radius 1 is 1.33 bits per heavy atom. The van der Waals surface area contributed by atoms with E-state index in [2.05, 4.69) is 34.4 Å². The molecule has 0 radical (unpaired) electrons. The van der Waals surface area contributed by atoms with Crippen LogP contribution in [-0.4, -0.2) is 40.9 Å². The lowest BCUT2D eigenvalue weighted by Crippen LogP contribution is -2.35. The first-order valence-corrected chi connectivity index (χ1v) is 7.46. The van der Waals surface area contributed by atoms with Crippen molar-refractivity contribution in [1.29, 1.82) is 0 Å². The van der Waals surface area contributed by atoms with Gasteiger partial charge >= 0.3 is 0 Å². The smallest absolute Gasteiger partial charge is 0.158 e. The number of nitrogens with zero attached hydrogens (tertiary/aromatic N) is 2. The molecule has 0 bridgehead atoms. The number of hydrogen-bond donors (Lipinski definition) is 3. The monoisotopic (exact) mass is 296 g/mol. The summed E-state index contributed by atoms with van der Waals surface area (Å²) in [5.74, 6) is 2.47. The average Bonchev–Trinajstić information content (AvgIpc) is 2.41. The molecule has 1 aromatic heterocycles. The minimum Gasteiger partial charge on any atom is -0.388 e. The highest BCUT2D eigenvalue weighted by Gasteiger charge is 2.21. The van der Waals surface area contributed by atoms with E-state index in [1.54, 1.807) is 0 Å². The number of aliphatic hydroxyl groups is 1. The maximum Gasteiger partial charge on any atom is 0.158 e. The van der Waals surface area contributed by atoms with Gasteiger partial charge in [-0.2, -0.15) is 0 Å². The maximum atomic E-state index is 10.3. The Labute approximate surface area is 127 Å². The molecule has 6 nitrogen and oxygen atoms in total. The first-order valence-electron chi connectivity index (χ1n) is 7.46. The Morgan fingerprint density at radius 3 is 2.57 bits per heavy atom. The summed E-state index contributed by atoms with van der Waals surface area (Å²) in [6.45, 7) is 9.41. The van der Waals surface area contributed by atoms with E-state index >= 15 is 0 Å². The van der Waals surface area contributed by atoms with Gasteiger partial charge in [0.05, 0.1) is 5.60 Å². The molecule has 0 saturated heterocycles. The van der Waals surface area contributed by atoms with E-state index in [1.165, 1.54) is 0 Å². The second-order valence-corrected chi connectivity index (χ2v) is 5.89. The van der Waals surface area contributed by atoms with Crippen molar-refractivity contribution in [2.45, 2.75) is 46.3 Å². The Balaban J connectivity index is 2.73. The van der Waals surface area contributed by atoms with Gasteiger partial charge in [0, 0.05) is 26.3 Å². The number of anilines is 2. The third kappa shape index (κ3) is 6.73. The molecule has 0 fully saturated rings. The molecule has 1 heterocycles. The van der Waals surface area contributed by atoms with Crippen LogP contribution in [0.1, 0.15) is 39.9 Å². The summed E-state index contributed by atoms with van der Waals surface area (Å²) in [6, 6.07) is 1.82. The van der Waals surface area contributed by atoms with Gasteiger partial charge in [0.2, 0.25) is 0 Å². The van der Waals surface area contributed by atoms with E-state index in [0.29, 0.717) is 37.3 Å². The van der Waals surface area contributed by atoms with Gasteiger partial charge in [-0.1, -0.05) is 13.8 Å². The van der Waals surface area contributed by atoms with Crippen molar-refractivity contribution in [3.05, 3.63) is 11.9 Å². The lowest BCUT2D eigenvalue weighted by molar-refractivity contribution is 0.0514. The standard InChI is InChI=1S/C15H28N4O2/c1-6-21-9-14-18-12(16-5)7-13(19-14)17-10-15(4,20)8-11(2)3/h7,11,20H,6,8-10H2,1-5H3,(H2,16,17,18,19). The third-order valence-electron chi connectivity index (χ3n) is 2.96. The van der Waals surface area contributed by atoms with Crippen molar-refractivity contribution in [2.75, 3.05) is 30.8 Å². The SMILES string of the molecule is CCOCc1nc(NC)cc(NCC(C)(O)CC(C)C)n1. The lowest BCUT2D eigenvalue weighted by Gasteiger charge is -2.26. The van der Waals surface area contributed by atoms with Crippen LogP contribution in [-0.2, 0) is 11.3 Å². The number of aromatic nitrogens is 2.